The predicted molar refractivity (Wildman–Crippen MR) is 174 cm³/mol. The molecule has 0 saturated carbocycles. The Balaban J connectivity index is 1.27. The molecule has 0 radical (unpaired) electrons. The van der Waals surface area contributed by atoms with Crippen molar-refractivity contribution in [3.8, 4) is 0 Å². The summed E-state index contributed by atoms with van der Waals surface area (Å²) in [5.41, 5.74) is -0.263. The Morgan fingerprint density at radius 1 is 1.13 bits per heavy atom. The summed E-state index contributed by atoms with van der Waals surface area (Å²) in [4.78, 5) is 79.8. The zero-order chi connectivity index (χ0) is 33.5. The van der Waals surface area contributed by atoms with Gasteiger partial charge in [0.25, 0.3) is 17.4 Å². The van der Waals surface area contributed by atoms with E-state index in [0.717, 1.165) is 25.9 Å². The van der Waals surface area contributed by atoms with Gasteiger partial charge in [-0.05, 0) is 61.8 Å². The van der Waals surface area contributed by atoms with Gasteiger partial charge in [-0.1, -0.05) is 31.2 Å². The van der Waals surface area contributed by atoms with Crippen LogP contribution in [0.3, 0.4) is 0 Å². The number of amides is 4. The first-order chi connectivity index (χ1) is 22.6. The molecule has 5 unspecified atom stereocenters. The number of Topliss-reactive ketones (excluding diaryl/α,β-unsaturated/α-hetero) is 1. The molecule has 2 aliphatic rings. The Hall–Kier alpha value is -5.04. The molecule has 2 aromatic heterocycles. The van der Waals surface area contributed by atoms with Crippen molar-refractivity contribution in [1.82, 2.24) is 25.4 Å². The first-order valence-electron chi connectivity index (χ1n) is 15.9. The average Bonchev–Trinajstić information content (AvgIpc) is 3.50. The fourth-order valence-electron chi connectivity index (χ4n) is 6.38. The minimum absolute atomic E-state index is 0.0560. The molecule has 3 aromatic rings. The number of carbonyl (C=O) groups is 5. The molecular formula is C34H40N6O7. The molecule has 2 bridgehead atoms. The number of nitrogens with zero attached hydrogens (tertiary/aromatic N) is 2. The number of pyridine rings is 1. The maximum atomic E-state index is 13.5. The lowest BCUT2D eigenvalue weighted by molar-refractivity contribution is -0.138. The number of anilines is 1. The van der Waals surface area contributed by atoms with Gasteiger partial charge in [0.2, 0.25) is 17.6 Å². The van der Waals surface area contributed by atoms with Crippen molar-refractivity contribution >= 4 is 46.1 Å². The molecule has 2 fully saturated rings. The molecule has 47 heavy (non-hydrogen) atoms. The van der Waals surface area contributed by atoms with Crippen LogP contribution in [-0.2, 0) is 25.7 Å². The van der Waals surface area contributed by atoms with Crippen molar-refractivity contribution in [3.63, 3.8) is 0 Å². The van der Waals surface area contributed by atoms with Gasteiger partial charge in [-0.3, -0.25) is 33.7 Å². The lowest BCUT2D eigenvalue weighted by atomic mass is 9.82. The predicted octanol–water partition coefficient (Wildman–Crippen LogP) is 2.18. The number of fused-ring (bicyclic) bond motifs is 3. The Morgan fingerprint density at radius 2 is 1.94 bits per heavy atom. The summed E-state index contributed by atoms with van der Waals surface area (Å²) < 4.78 is 6.81. The van der Waals surface area contributed by atoms with Gasteiger partial charge >= 0.3 is 0 Å². The maximum absolute atomic E-state index is 13.5. The quantitative estimate of drug-likeness (QED) is 0.162. The van der Waals surface area contributed by atoms with E-state index in [1.807, 2.05) is 0 Å². The Kier molecular flexibility index (Phi) is 10.7. The van der Waals surface area contributed by atoms with Gasteiger partial charge in [0.1, 0.15) is 23.9 Å². The average molecular weight is 645 g/mol. The molecule has 13 nitrogen and oxygen atoms in total. The fourth-order valence-corrected chi connectivity index (χ4v) is 6.38. The number of hydrogen-bond acceptors (Lipinski definition) is 8. The molecule has 2 saturated heterocycles. The number of benzene rings is 1. The number of ketones is 1. The molecule has 4 heterocycles. The van der Waals surface area contributed by atoms with Crippen LogP contribution in [0.1, 0.15) is 49.6 Å². The fraction of sp³-hybridized carbons (Fsp3) is 0.412. The topological polar surface area (TPSA) is 172 Å². The van der Waals surface area contributed by atoms with Crippen molar-refractivity contribution in [2.75, 3.05) is 25.0 Å². The van der Waals surface area contributed by atoms with Crippen LogP contribution in [0.15, 0.2) is 70.5 Å². The van der Waals surface area contributed by atoms with E-state index in [9.17, 15) is 28.8 Å². The molecule has 5 atom stereocenters. The van der Waals surface area contributed by atoms with Gasteiger partial charge in [-0.15, -0.1) is 6.58 Å². The third kappa shape index (κ3) is 8.22. The van der Waals surface area contributed by atoms with Gasteiger partial charge in [-0.25, -0.2) is 0 Å². The van der Waals surface area contributed by atoms with Crippen LogP contribution in [0.25, 0.3) is 11.0 Å². The third-order valence-corrected chi connectivity index (χ3v) is 8.68. The maximum Gasteiger partial charge on any atom is 0.287 e. The molecule has 0 aliphatic carbocycles. The minimum Gasteiger partial charge on any atom is -0.451 e. The highest BCUT2D eigenvalue weighted by Crippen LogP contribution is 2.32. The van der Waals surface area contributed by atoms with Gasteiger partial charge in [-0.2, -0.15) is 0 Å². The second-order valence-electron chi connectivity index (χ2n) is 12.2. The number of piperidine rings is 2. The van der Waals surface area contributed by atoms with Crippen molar-refractivity contribution in [2.24, 2.45) is 11.8 Å². The zero-order valence-electron chi connectivity index (χ0n) is 26.3. The Labute approximate surface area is 271 Å². The molecule has 4 amide bonds. The number of rotatable bonds is 13. The van der Waals surface area contributed by atoms with Crippen LogP contribution in [-0.4, -0.2) is 70.7 Å². The highest BCUT2D eigenvalue weighted by Gasteiger charge is 2.36. The summed E-state index contributed by atoms with van der Waals surface area (Å²) in [5, 5.41) is 11.2. The number of nitrogens with one attached hydrogen (secondary N) is 4. The van der Waals surface area contributed by atoms with Crippen molar-refractivity contribution < 1.29 is 28.4 Å². The minimum atomic E-state index is -1.32. The highest BCUT2D eigenvalue weighted by atomic mass is 16.3. The first kappa shape index (κ1) is 33.3. The van der Waals surface area contributed by atoms with E-state index in [0.29, 0.717) is 16.9 Å². The van der Waals surface area contributed by atoms with Crippen LogP contribution < -0.4 is 26.8 Å². The van der Waals surface area contributed by atoms with E-state index >= 15 is 0 Å². The molecule has 4 N–H and O–H groups in total. The molecule has 1 aromatic carbocycles. The number of para-hydroxylation sites is 1. The monoisotopic (exact) mass is 644 g/mol. The molecule has 5 rings (SSSR count). The largest absolute Gasteiger partial charge is 0.451 e. The van der Waals surface area contributed by atoms with Gasteiger partial charge in [0, 0.05) is 37.6 Å². The molecule has 13 heteroatoms. The first-order valence-corrected chi connectivity index (χ1v) is 15.9. The van der Waals surface area contributed by atoms with Crippen LogP contribution >= 0.6 is 0 Å². The highest BCUT2D eigenvalue weighted by molar-refractivity contribution is 6.36. The van der Waals surface area contributed by atoms with E-state index in [1.165, 1.54) is 41.5 Å². The van der Waals surface area contributed by atoms with Crippen LogP contribution in [0, 0.1) is 11.8 Å². The van der Waals surface area contributed by atoms with Crippen molar-refractivity contribution in [3.05, 3.63) is 77.4 Å². The summed E-state index contributed by atoms with van der Waals surface area (Å²) in [6.07, 6.45) is 5.53. The summed E-state index contributed by atoms with van der Waals surface area (Å²) in [7, 11) is 0. The number of hydrogen-bond donors (Lipinski definition) is 4. The van der Waals surface area contributed by atoms with E-state index < -0.39 is 35.1 Å². The molecular weight excluding hydrogens is 604 g/mol. The van der Waals surface area contributed by atoms with Crippen LogP contribution in [0.2, 0.25) is 0 Å². The number of carbonyl (C=O) groups excluding carboxylic acids is 5. The SMILES string of the molecule is C=CCNC(=O)C(=O)CCC(NC(=O)c1cc2ccccc2o1)C(=O)Nc1cccn(CC(=O)NC2C(C)CC3CCCN2C3)c1=O. The second-order valence-corrected chi connectivity index (χ2v) is 12.2. The second kappa shape index (κ2) is 15.0. The van der Waals surface area contributed by atoms with E-state index in [2.05, 4.69) is 39.7 Å². The normalized spacial score (nSPS) is 20.9. The lowest BCUT2D eigenvalue weighted by Gasteiger charge is -2.47. The third-order valence-electron chi connectivity index (χ3n) is 8.68. The molecule has 248 valence electrons. The van der Waals surface area contributed by atoms with E-state index in [1.54, 1.807) is 24.3 Å². The van der Waals surface area contributed by atoms with Crippen LogP contribution in [0.4, 0.5) is 5.69 Å². The van der Waals surface area contributed by atoms with Gasteiger partial charge in [0.05, 0.1) is 6.17 Å². The van der Waals surface area contributed by atoms with Crippen molar-refractivity contribution in [1.29, 1.82) is 0 Å². The van der Waals surface area contributed by atoms with E-state index in [4.69, 9.17) is 4.42 Å². The lowest BCUT2D eigenvalue weighted by Crippen LogP contribution is -2.59. The Morgan fingerprint density at radius 3 is 2.72 bits per heavy atom. The molecule has 2 aliphatic heterocycles. The number of aromatic nitrogens is 1. The summed E-state index contributed by atoms with van der Waals surface area (Å²) in [6, 6.07) is 10.1. The molecule has 0 spiro atoms. The van der Waals surface area contributed by atoms with Gasteiger partial charge in [0.15, 0.2) is 5.76 Å². The smallest absolute Gasteiger partial charge is 0.287 e. The van der Waals surface area contributed by atoms with E-state index in [-0.39, 0.29) is 55.4 Å². The summed E-state index contributed by atoms with van der Waals surface area (Å²) in [5.74, 6) is -2.59. The standard InChI is InChI=1S/C34H40N6O7/c1-3-14-35-32(44)26(41)13-12-24(36-33(45)28-18-23-9-4-5-11-27(23)47-28)31(43)37-25-10-7-16-40(34(25)46)20-29(42)38-30-21(2)17-22-8-6-15-39(30)19-22/h3-5,7,9-11,16,18,21-22,24,30H,1,6,8,12-15,17,19-20H2,2H3,(H,35,44)(H,36,45)(H,37,43)(H,38,42). The summed E-state index contributed by atoms with van der Waals surface area (Å²) in [6.45, 7) is 7.34. The summed E-state index contributed by atoms with van der Waals surface area (Å²) >= 11 is 0. The number of furan rings is 1. The van der Waals surface area contributed by atoms with Crippen molar-refractivity contribution in [2.45, 2.75) is 57.8 Å². The zero-order valence-corrected chi connectivity index (χ0v) is 26.3. The Bertz CT molecular complexity index is 1690. The van der Waals surface area contributed by atoms with Gasteiger partial charge < -0.3 is 30.3 Å². The van der Waals surface area contributed by atoms with Crippen LogP contribution in [0.5, 0.6) is 0 Å².